The van der Waals surface area contributed by atoms with Crippen LogP contribution in [-0.4, -0.2) is 24.9 Å². The van der Waals surface area contributed by atoms with E-state index in [1.54, 1.807) is 4.90 Å². The first-order chi connectivity index (χ1) is 9.02. The average molecular weight is 265 g/mol. The zero-order chi connectivity index (χ0) is 14.3. The molecule has 1 aliphatic carbocycles. The number of hydrogen-bond donors (Lipinski definition) is 0. The van der Waals surface area contributed by atoms with Crippen molar-refractivity contribution in [3.63, 3.8) is 0 Å². The summed E-state index contributed by atoms with van der Waals surface area (Å²) in [6.07, 6.45) is 13.7. The van der Waals surface area contributed by atoms with Crippen molar-refractivity contribution in [2.24, 2.45) is 17.8 Å². The molecule has 2 nitrogen and oxygen atoms in total. The van der Waals surface area contributed by atoms with Crippen LogP contribution in [0.1, 0.15) is 58.8 Å². The Kier molecular flexibility index (Phi) is 7.19. The summed E-state index contributed by atoms with van der Waals surface area (Å²) in [4.78, 5) is 13.8. The van der Waals surface area contributed by atoms with E-state index in [2.05, 4.69) is 26.0 Å². The van der Waals surface area contributed by atoms with Crippen molar-refractivity contribution >= 4 is 5.91 Å². The molecular weight excluding hydrogens is 234 g/mol. The van der Waals surface area contributed by atoms with Gasteiger partial charge in [-0.15, -0.1) is 0 Å². The van der Waals surface area contributed by atoms with Crippen LogP contribution in [0, 0.1) is 17.8 Å². The molecule has 1 unspecified atom stereocenters. The Bertz CT molecular complexity index is 288. The van der Waals surface area contributed by atoms with E-state index in [1.807, 2.05) is 14.1 Å². The fourth-order valence-electron chi connectivity index (χ4n) is 2.94. The van der Waals surface area contributed by atoms with Gasteiger partial charge in [-0.2, -0.15) is 0 Å². The van der Waals surface area contributed by atoms with Crippen LogP contribution in [0.2, 0.25) is 0 Å². The highest BCUT2D eigenvalue weighted by molar-refractivity contribution is 5.78. The minimum absolute atomic E-state index is 0.137. The lowest BCUT2D eigenvalue weighted by atomic mass is 9.86. The molecule has 1 fully saturated rings. The average Bonchev–Trinajstić information content (AvgIpc) is 2.38. The third kappa shape index (κ3) is 5.80. The van der Waals surface area contributed by atoms with Crippen LogP contribution in [0.25, 0.3) is 0 Å². The molecule has 0 saturated heterocycles. The fourth-order valence-corrected chi connectivity index (χ4v) is 2.94. The number of rotatable bonds is 6. The van der Waals surface area contributed by atoms with Crippen molar-refractivity contribution in [1.29, 1.82) is 0 Å². The van der Waals surface area contributed by atoms with E-state index in [1.165, 1.54) is 38.5 Å². The molecule has 1 aliphatic rings. The van der Waals surface area contributed by atoms with Crippen LogP contribution in [-0.2, 0) is 4.79 Å². The van der Waals surface area contributed by atoms with Gasteiger partial charge >= 0.3 is 0 Å². The second-order valence-electron chi connectivity index (χ2n) is 6.53. The van der Waals surface area contributed by atoms with Crippen molar-refractivity contribution < 1.29 is 4.79 Å². The van der Waals surface area contributed by atoms with E-state index in [9.17, 15) is 4.79 Å². The summed E-state index contributed by atoms with van der Waals surface area (Å²) >= 11 is 0. The lowest BCUT2D eigenvalue weighted by Gasteiger charge is -2.23. The largest absolute Gasteiger partial charge is 0.349 e. The molecule has 0 aromatic heterocycles. The molecule has 0 N–H and O–H groups in total. The van der Waals surface area contributed by atoms with Crippen molar-refractivity contribution in [3.05, 3.63) is 12.2 Å². The molecule has 0 aromatic rings. The van der Waals surface area contributed by atoms with Gasteiger partial charge in [0.05, 0.1) is 0 Å². The summed E-state index contributed by atoms with van der Waals surface area (Å²) in [6, 6.07) is 0. The molecule has 0 radical (unpaired) electrons. The highest BCUT2D eigenvalue weighted by atomic mass is 16.2. The van der Waals surface area contributed by atoms with E-state index >= 15 is 0 Å². The lowest BCUT2D eigenvalue weighted by molar-refractivity contribution is -0.134. The Balaban J connectivity index is 2.36. The monoisotopic (exact) mass is 265 g/mol. The Morgan fingerprint density at radius 1 is 1.16 bits per heavy atom. The minimum atomic E-state index is 0.137. The van der Waals surface area contributed by atoms with E-state index in [0.29, 0.717) is 5.92 Å². The van der Waals surface area contributed by atoms with Gasteiger partial charge in [-0.25, -0.2) is 0 Å². The third-order valence-electron chi connectivity index (χ3n) is 4.31. The maximum absolute atomic E-state index is 12.1. The van der Waals surface area contributed by atoms with Crippen LogP contribution in [0.3, 0.4) is 0 Å². The fraction of sp³-hybridized carbons (Fsp3) is 0.824. The maximum Gasteiger partial charge on any atom is 0.225 e. The predicted molar refractivity (Wildman–Crippen MR) is 82.0 cm³/mol. The Labute approximate surface area is 119 Å². The molecule has 1 rings (SSSR count). The lowest BCUT2D eigenvalue weighted by Crippen LogP contribution is -2.32. The summed E-state index contributed by atoms with van der Waals surface area (Å²) in [5, 5.41) is 0. The van der Waals surface area contributed by atoms with E-state index in [4.69, 9.17) is 0 Å². The molecule has 2 heteroatoms. The first-order valence-corrected chi connectivity index (χ1v) is 7.88. The van der Waals surface area contributed by atoms with Crippen LogP contribution in [0.15, 0.2) is 12.2 Å². The molecule has 0 bridgehead atoms. The van der Waals surface area contributed by atoms with Gasteiger partial charge < -0.3 is 4.90 Å². The van der Waals surface area contributed by atoms with Gasteiger partial charge in [-0.05, 0) is 24.7 Å². The van der Waals surface area contributed by atoms with Crippen molar-refractivity contribution in [2.75, 3.05) is 14.1 Å². The number of nitrogens with zero attached hydrogens (tertiary/aromatic N) is 1. The summed E-state index contributed by atoms with van der Waals surface area (Å²) in [6.45, 7) is 4.28. The summed E-state index contributed by atoms with van der Waals surface area (Å²) in [5.41, 5.74) is 0. The zero-order valence-corrected chi connectivity index (χ0v) is 13.2. The summed E-state index contributed by atoms with van der Waals surface area (Å²) in [5.74, 6) is 1.70. The van der Waals surface area contributed by atoms with Crippen molar-refractivity contribution in [1.82, 2.24) is 4.90 Å². The van der Waals surface area contributed by atoms with Gasteiger partial charge in [0, 0.05) is 20.0 Å². The van der Waals surface area contributed by atoms with Gasteiger partial charge in [0.25, 0.3) is 0 Å². The van der Waals surface area contributed by atoms with Crippen LogP contribution in [0.4, 0.5) is 0 Å². The highest BCUT2D eigenvalue weighted by Crippen LogP contribution is 2.27. The van der Waals surface area contributed by atoms with Gasteiger partial charge in [-0.3, -0.25) is 4.79 Å². The molecule has 1 amide bonds. The number of amides is 1. The Morgan fingerprint density at radius 2 is 1.79 bits per heavy atom. The number of hydrogen-bond acceptors (Lipinski definition) is 1. The molecule has 0 aromatic carbocycles. The highest BCUT2D eigenvalue weighted by Gasteiger charge is 2.22. The molecule has 1 saturated carbocycles. The van der Waals surface area contributed by atoms with E-state index < -0.39 is 0 Å². The Morgan fingerprint density at radius 3 is 2.32 bits per heavy atom. The molecular formula is C17H31NO. The van der Waals surface area contributed by atoms with Gasteiger partial charge in [0.15, 0.2) is 0 Å². The Hall–Kier alpha value is -0.790. The number of allylic oxidation sites excluding steroid dienone is 2. The topological polar surface area (TPSA) is 20.3 Å². The standard InChI is InChI=1S/C17H31NO/c1-14(2)16(17(19)18(3)4)13-9-8-12-15-10-6-5-7-11-15/h8-9,14-16H,5-7,10-13H2,1-4H3/b9-8+. The van der Waals surface area contributed by atoms with Crippen molar-refractivity contribution in [3.8, 4) is 0 Å². The van der Waals surface area contributed by atoms with Crippen molar-refractivity contribution in [2.45, 2.75) is 58.8 Å². The quantitative estimate of drug-likeness (QED) is 0.657. The molecule has 110 valence electrons. The first-order valence-electron chi connectivity index (χ1n) is 7.88. The molecule has 19 heavy (non-hydrogen) atoms. The first kappa shape index (κ1) is 16.3. The molecule has 0 heterocycles. The van der Waals surface area contributed by atoms with E-state index in [-0.39, 0.29) is 11.8 Å². The third-order valence-corrected chi connectivity index (χ3v) is 4.31. The second-order valence-corrected chi connectivity index (χ2v) is 6.53. The van der Waals surface area contributed by atoms with Gasteiger partial charge in [0.2, 0.25) is 5.91 Å². The zero-order valence-electron chi connectivity index (χ0n) is 13.2. The van der Waals surface area contributed by atoms with Gasteiger partial charge in [-0.1, -0.05) is 58.1 Å². The second kappa shape index (κ2) is 8.39. The van der Waals surface area contributed by atoms with Crippen LogP contribution in [0.5, 0.6) is 0 Å². The number of carbonyl (C=O) groups is 1. The molecule has 0 spiro atoms. The molecule has 1 atom stereocenters. The summed E-state index contributed by atoms with van der Waals surface area (Å²) in [7, 11) is 3.70. The number of carbonyl (C=O) groups excluding carboxylic acids is 1. The minimum Gasteiger partial charge on any atom is -0.349 e. The smallest absolute Gasteiger partial charge is 0.225 e. The van der Waals surface area contributed by atoms with Crippen LogP contribution >= 0.6 is 0 Å². The maximum atomic E-state index is 12.1. The summed E-state index contributed by atoms with van der Waals surface area (Å²) < 4.78 is 0. The predicted octanol–water partition coefficient (Wildman–Crippen LogP) is 4.26. The van der Waals surface area contributed by atoms with Crippen LogP contribution < -0.4 is 0 Å². The van der Waals surface area contributed by atoms with E-state index in [0.717, 1.165) is 12.3 Å². The molecule has 0 aliphatic heterocycles. The SMILES string of the molecule is CC(C)C(C/C=C/CC1CCCCC1)C(=O)N(C)C. The van der Waals surface area contributed by atoms with Gasteiger partial charge in [0.1, 0.15) is 0 Å². The normalized spacial score (nSPS) is 19.0.